The van der Waals surface area contributed by atoms with Crippen molar-refractivity contribution in [1.29, 1.82) is 5.26 Å². The number of nitro groups is 1. The molecule has 1 N–H and O–H groups in total. The second kappa shape index (κ2) is 7.84. The summed E-state index contributed by atoms with van der Waals surface area (Å²) in [5.41, 5.74) is 1.84. The fraction of sp³-hybridized carbons (Fsp3) is 0.429. The first-order chi connectivity index (χ1) is 13.7. The van der Waals surface area contributed by atoms with E-state index in [9.17, 15) is 20.5 Å². The lowest BCUT2D eigenvalue weighted by molar-refractivity contribution is -0.386. The number of aliphatic imine (C=N–C) groups is 1. The van der Waals surface area contributed by atoms with Crippen LogP contribution in [-0.2, 0) is 12.8 Å². The van der Waals surface area contributed by atoms with E-state index >= 15 is 0 Å². The summed E-state index contributed by atoms with van der Waals surface area (Å²) in [7, 11) is 1.33. The van der Waals surface area contributed by atoms with Crippen LogP contribution in [-0.4, -0.2) is 23.4 Å². The van der Waals surface area contributed by atoms with Crippen molar-refractivity contribution in [3.63, 3.8) is 0 Å². The predicted molar refractivity (Wildman–Crippen MR) is 113 cm³/mol. The summed E-state index contributed by atoms with van der Waals surface area (Å²) in [5.74, 6) is 0.0351. The number of ether oxygens (including phenoxy) is 1. The van der Waals surface area contributed by atoms with Crippen LogP contribution in [0.5, 0.6) is 11.5 Å². The van der Waals surface area contributed by atoms with Crippen molar-refractivity contribution in [1.82, 2.24) is 0 Å². The summed E-state index contributed by atoms with van der Waals surface area (Å²) in [5, 5.41) is 31.3. The molecule has 1 aliphatic carbocycles. The van der Waals surface area contributed by atoms with Crippen LogP contribution >= 0.6 is 11.3 Å². The molecule has 0 radical (unpaired) electrons. The number of hydrogen-bond donors (Lipinski definition) is 1. The van der Waals surface area contributed by atoms with E-state index in [4.69, 9.17) is 4.74 Å². The minimum atomic E-state index is -0.674. The van der Waals surface area contributed by atoms with E-state index in [-0.39, 0.29) is 11.2 Å². The lowest BCUT2D eigenvalue weighted by Crippen LogP contribution is -2.26. The minimum Gasteiger partial charge on any atom is -0.500 e. The molecule has 1 aromatic heterocycles. The Labute approximate surface area is 173 Å². The molecule has 0 bridgehead atoms. The minimum absolute atomic E-state index is 0.000324. The molecule has 3 rings (SSSR count). The summed E-state index contributed by atoms with van der Waals surface area (Å²) in [6.07, 6.45) is 4.32. The van der Waals surface area contributed by atoms with Gasteiger partial charge in [0.15, 0.2) is 5.75 Å². The van der Waals surface area contributed by atoms with Crippen LogP contribution in [0.1, 0.15) is 48.8 Å². The third-order valence-electron chi connectivity index (χ3n) is 5.41. The van der Waals surface area contributed by atoms with Gasteiger partial charge in [0.25, 0.3) is 0 Å². The third kappa shape index (κ3) is 4.10. The molecule has 7 nitrogen and oxygen atoms in total. The number of nitrogens with zero attached hydrogens (tertiary/aromatic N) is 3. The molecule has 0 saturated carbocycles. The normalized spacial score (nSPS) is 16.4. The molecule has 0 aliphatic heterocycles. The molecule has 1 aliphatic rings. The second-order valence-corrected chi connectivity index (χ2v) is 9.29. The lowest BCUT2D eigenvalue weighted by atomic mass is 9.72. The van der Waals surface area contributed by atoms with Crippen LogP contribution in [0.2, 0.25) is 0 Å². The van der Waals surface area contributed by atoms with Crippen LogP contribution in [0.4, 0.5) is 10.7 Å². The van der Waals surface area contributed by atoms with E-state index in [1.165, 1.54) is 41.7 Å². The molecule has 8 heteroatoms. The molecule has 152 valence electrons. The number of rotatable bonds is 4. The Balaban J connectivity index is 1.97. The SMILES string of the molecule is COc1cc(C=Nc2sc3c(c2C#N)CC[C@@H](C(C)(C)C)C3)cc([N+](=O)[O-])c1O. The highest BCUT2D eigenvalue weighted by molar-refractivity contribution is 7.16. The molecule has 0 unspecified atom stereocenters. The molecular weight excluding hydrogens is 390 g/mol. The lowest BCUT2D eigenvalue weighted by Gasteiger charge is -2.33. The zero-order valence-electron chi connectivity index (χ0n) is 16.9. The number of aromatic hydroxyl groups is 1. The van der Waals surface area contributed by atoms with Gasteiger partial charge in [-0.1, -0.05) is 20.8 Å². The van der Waals surface area contributed by atoms with E-state index in [2.05, 4.69) is 31.8 Å². The largest absolute Gasteiger partial charge is 0.500 e. The zero-order valence-corrected chi connectivity index (χ0v) is 17.7. The Bertz CT molecular complexity index is 1030. The van der Waals surface area contributed by atoms with E-state index in [0.717, 1.165) is 24.8 Å². The standard InChI is InChI=1S/C21H23N3O4S/c1-21(2,3)13-5-6-14-15(10-22)20(29-18(14)9-13)23-11-12-7-16(24(26)27)19(25)17(8-12)28-4/h7-8,11,13,25H,5-6,9H2,1-4H3/t13-/m1/s1. The van der Waals surface area contributed by atoms with Gasteiger partial charge in [-0.15, -0.1) is 11.3 Å². The number of thiophene rings is 1. The second-order valence-electron chi connectivity index (χ2n) is 8.21. The fourth-order valence-corrected chi connectivity index (χ4v) is 4.85. The maximum absolute atomic E-state index is 11.2. The average molecular weight is 413 g/mol. The molecule has 1 aromatic carbocycles. The van der Waals surface area contributed by atoms with Crippen LogP contribution < -0.4 is 4.74 Å². The molecule has 1 atom stereocenters. The van der Waals surface area contributed by atoms with Gasteiger partial charge >= 0.3 is 5.69 Å². The van der Waals surface area contributed by atoms with E-state index in [1.807, 2.05) is 0 Å². The highest BCUT2D eigenvalue weighted by Gasteiger charge is 2.32. The van der Waals surface area contributed by atoms with Crippen molar-refractivity contribution in [2.24, 2.45) is 16.3 Å². The van der Waals surface area contributed by atoms with Crippen LogP contribution in [0.25, 0.3) is 0 Å². The number of phenols is 1. The number of benzene rings is 1. The van der Waals surface area contributed by atoms with Gasteiger partial charge in [-0.3, -0.25) is 10.1 Å². The summed E-state index contributed by atoms with van der Waals surface area (Å²) in [4.78, 5) is 16.2. The van der Waals surface area contributed by atoms with Crippen molar-refractivity contribution in [2.75, 3.05) is 7.11 Å². The summed E-state index contributed by atoms with van der Waals surface area (Å²) >= 11 is 1.51. The molecule has 2 aromatic rings. The predicted octanol–water partition coefficient (Wildman–Crippen LogP) is 5.14. The van der Waals surface area contributed by atoms with Gasteiger partial charge in [-0.25, -0.2) is 4.99 Å². The van der Waals surface area contributed by atoms with Gasteiger partial charge in [0.2, 0.25) is 5.75 Å². The Hall–Kier alpha value is -2.92. The number of nitriles is 1. The summed E-state index contributed by atoms with van der Waals surface area (Å²) in [6.45, 7) is 6.73. The van der Waals surface area contributed by atoms with Gasteiger partial charge < -0.3 is 9.84 Å². The Morgan fingerprint density at radius 1 is 1.45 bits per heavy atom. The van der Waals surface area contributed by atoms with Gasteiger partial charge in [0.1, 0.15) is 11.1 Å². The number of hydrogen-bond acceptors (Lipinski definition) is 7. The number of phenolic OH excluding ortho intramolecular Hbond substituents is 1. The average Bonchev–Trinajstić information content (AvgIpc) is 3.02. The van der Waals surface area contributed by atoms with Crippen molar-refractivity contribution in [3.8, 4) is 17.6 Å². The molecule has 0 fully saturated rings. The highest BCUT2D eigenvalue weighted by atomic mass is 32.1. The summed E-state index contributed by atoms with van der Waals surface area (Å²) in [6, 6.07) is 4.98. The highest BCUT2D eigenvalue weighted by Crippen LogP contribution is 2.45. The molecule has 29 heavy (non-hydrogen) atoms. The third-order valence-corrected chi connectivity index (χ3v) is 6.57. The van der Waals surface area contributed by atoms with Gasteiger partial charge in [0, 0.05) is 22.7 Å². The monoisotopic (exact) mass is 413 g/mol. The van der Waals surface area contributed by atoms with E-state index in [0.29, 0.717) is 22.0 Å². The molecule has 0 amide bonds. The maximum Gasteiger partial charge on any atom is 0.315 e. The Morgan fingerprint density at radius 3 is 2.76 bits per heavy atom. The van der Waals surface area contributed by atoms with Crippen molar-refractivity contribution < 1.29 is 14.8 Å². The first-order valence-electron chi connectivity index (χ1n) is 9.29. The van der Waals surface area contributed by atoms with Gasteiger partial charge in [0.05, 0.1) is 17.6 Å². The molecular formula is C21H23N3O4S. The van der Waals surface area contributed by atoms with Crippen LogP contribution in [0, 0.1) is 32.8 Å². The Kier molecular flexibility index (Phi) is 5.62. The Morgan fingerprint density at radius 2 is 2.17 bits per heavy atom. The zero-order chi connectivity index (χ0) is 21.3. The van der Waals surface area contributed by atoms with Gasteiger partial charge in [-0.05, 0) is 42.2 Å². The first kappa shape index (κ1) is 20.8. The topological polar surface area (TPSA) is 109 Å². The van der Waals surface area contributed by atoms with E-state index in [1.54, 1.807) is 0 Å². The van der Waals surface area contributed by atoms with Gasteiger partial charge in [-0.2, -0.15) is 5.26 Å². The molecule has 0 saturated heterocycles. The first-order valence-corrected chi connectivity index (χ1v) is 10.1. The number of methoxy groups -OCH3 is 1. The van der Waals surface area contributed by atoms with E-state index < -0.39 is 16.4 Å². The smallest absolute Gasteiger partial charge is 0.315 e. The quantitative estimate of drug-likeness (QED) is 0.424. The van der Waals surface area contributed by atoms with Crippen molar-refractivity contribution in [2.45, 2.75) is 40.0 Å². The fourth-order valence-electron chi connectivity index (χ4n) is 3.63. The van der Waals surface area contributed by atoms with Crippen molar-refractivity contribution >= 4 is 28.2 Å². The molecule has 1 heterocycles. The van der Waals surface area contributed by atoms with Crippen LogP contribution in [0.15, 0.2) is 17.1 Å². The number of nitro benzene ring substituents is 1. The maximum atomic E-state index is 11.2. The van der Waals surface area contributed by atoms with Crippen LogP contribution in [0.3, 0.4) is 0 Å². The molecule has 0 spiro atoms. The number of fused-ring (bicyclic) bond motifs is 1. The summed E-state index contributed by atoms with van der Waals surface area (Å²) < 4.78 is 5.02. The van der Waals surface area contributed by atoms with Crippen molar-refractivity contribution in [3.05, 3.63) is 43.8 Å².